The average molecular weight is 936 g/mol. The lowest BCUT2D eigenvalue weighted by atomic mass is 9.96. The molecule has 0 aromatic rings. The number of allylic oxidation sites excluding steroid dienone is 5. The van der Waals surface area contributed by atoms with Crippen molar-refractivity contribution in [1.29, 1.82) is 0 Å². The molecule has 3 heterocycles. The monoisotopic (exact) mass is 936 g/mol. The Bertz CT molecular complexity index is 1350. The van der Waals surface area contributed by atoms with E-state index in [1.54, 1.807) is 6.08 Å². The Morgan fingerprint density at radius 2 is 1.03 bits per heavy atom. The highest BCUT2D eigenvalue weighted by Crippen LogP contribution is 2.33. The Morgan fingerprint density at radius 1 is 0.554 bits per heavy atom. The number of carbonyl (C=O) groups is 1. The van der Waals surface area contributed by atoms with Crippen LogP contribution in [0.2, 0.25) is 0 Å². The number of unbranched alkanes of at least 4 members (excludes halogenated alkanes) is 11. The van der Waals surface area contributed by atoms with Gasteiger partial charge in [-0.25, -0.2) is 0 Å². The van der Waals surface area contributed by atoms with Crippen LogP contribution >= 0.6 is 0 Å². The van der Waals surface area contributed by atoms with Crippen LogP contribution in [0.25, 0.3) is 0 Å². The second-order valence-corrected chi connectivity index (χ2v) is 17.2. The van der Waals surface area contributed by atoms with Gasteiger partial charge in [-0.15, -0.1) is 0 Å². The van der Waals surface area contributed by atoms with Crippen LogP contribution in [-0.4, -0.2) is 193 Å². The largest absolute Gasteiger partial charge is 0.394 e. The smallest absolute Gasteiger partial charge is 0.220 e. The van der Waals surface area contributed by atoms with Crippen LogP contribution in [0.3, 0.4) is 0 Å². The standard InChI is InChI=1S/C46H81NO18/c1-3-5-7-9-11-12-13-14-15-16-17-18-20-22-24-34(52)47-29(30(51)23-21-19-10-8-6-4-2)28-60-44-40(58)37(55)42(32(26-49)62-44)65-46-41(59)38(56)43(33(27-50)63-46)64-45-39(57)36(54)35(53)31(25-48)61-45/h9,11,13-14,21,23,29-33,35-46,48-51,53-59H,3-8,10,12,15-20,22,24-28H2,1-2H3,(H,47,52)/b11-9-,14-13-,23-21+. The molecule has 0 aromatic carbocycles. The molecule has 3 rings (SSSR count). The summed E-state index contributed by atoms with van der Waals surface area (Å²) in [6, 6.07) is -0.974. The van der Waals surface area contributed by atoms with Crippen LogP contribution in [0.4, 0.5) is 0 Å². The first-order chi connectivity index (χ1) is 31.3. The highest BCUT2D eigenvalue weighted by Gasteiger charge is 2.53. The zero-order valence-electron chi connectivity index (χ0n) is 38.2. The molecule has 3 aliphatic heterocycles. The Morgan fingerprint density at radius 3 is 1.62 bits per heavy atom. The third-order valence-corrected chi connectivity index (χ3v) is 11.9. The lowest BCUT2D eigenvalue weighted by Crippen LogP contribution is -2.66. The lowest BCUT2D eigenvalue weighted by Gasteiger charge is -2.48. The van der Waals surface area contributed by atoms with Crippen molar-refractivity contribution in [3.63, 3.8) is 0 Å². The zero-order chi connectivity index (χ0) is 47.7. The molecule has 0 bridgehead atoms. The van der Waals surface area contributed by atoms with Gasteiger partial charge >= 0.3 is 0 Å². The Balaban J connectivity index is 1.56. The van der Waals surface area contributed by atoms with E-state index in [-0.39, 0.29) is 18.9 Å². The zero-order valence-corrected chi connectivity index (χ0v) is 38.2. The molecular formula is C46H81NO18. The maximum absolute atomic E-state index is 13.1. The van der Waals surface area contributed by atoms with E-state index in [9.17, 15) is 61.0 Å². The first kappa shape index (κ1) is 57.3. The topological polar surface area (TPSA) is 307 Å². The predicted molar refractivity (Wildman–Crippen MR) is 236 cm³/mol. The average Bonchev–Trinajstić information content (AvgIpc) is 3.30. The van der Waals surface area contributed by atoms with E-state index in [2.05, 4.69) is 43.5 Å². The van der Waals surface area contributed by atoms with Gasteiger partial charge in [0.1, 0.15) is 73.2 Å². The summed E-state index contributed by atoms with van der Waals surface area (Å²) in [7, 11) is 0. The van der Waals surface area contributed by atoms with E-state index >= 15 is 0 Å². The van der Waals surface area contributed by atoms with Crippen LogP contribution in [-0.2, 0) is 33.2 Å². The molecule has 65 heavy (non-hydrogen) atoms. The van der Waals surface area contributed by atoms with Gasteiger partial charge < -0.3 is 89.9 Å². The number of nitrogens with one attached hydrogen (secondary N) is 1. The molecule has 17 atom stereocenters. The first-order valence-electron chi connectivity index (χ1n) is 23.7. The summed E-state index contributed by atoms with van der Waals surface area (Å²) >= 11 is 0. The summed E-state index contributed by atoms with van der Waals surface area (Å²) in [5.41, 5.74) is 0. The fourth-order valence-electron chi connectivity index (χ4n) is 7.85. The molecule has 17 unspecified atom stereocenters. The lowest BCUT2D eigenvalue weighted by molar-refractivity contribution is -0.379. The van der Waals surface area contributed by atoms with Crippen molar-refractivity contribution in [1.82, 2.24) is 5.32 Å². The van der Waals surface area contributed by atoms with Crippen molar-refractivity contribution in [2.45, 2.75) is 221 Å². The Kier molecular flexibility index (Phi) is 28.2. The number of hydrogen-bond acceptors (Lipinski definition) is 18. The quantitative estimate of drug-likeness (QED) is 0.0328. The summed E-state index contributed by atoms with van der Waals surface area (Å²) in [6.07, 6.45) is 0.648. The van der Waals surface area contributed by atoms with Gasteiger partial charge in [0.25, 0.3) is 0 Å². The molecule has 3 aliphatic rings. The fourth-order valence-corrected chi connectivity index (χ4v) is 7.85. The second kappa shape index (κ2) is 31.9. The van der Waals surface area contributed by atoms with Crippen molar-refractivity contribution in [3.8, 4) is 0 Å². The molecule has 1 amide bonds. The van der Waals surface area contributed by atoms with E-state index in [0.717, 1.165) is 77.0 Å². The van der Waals surface area contributed by atoms with Crippen molar-refractivity contribution in [2.24, 2.45) is 0 Å². The maximum Gasteiger partial charge on any atom is 0.220 e. The minimum atomic E-state index is -1.98. The van der Waals surface area contributed by atoms with Crippen LogP contribution in [0, 0.1) is 0 Å². The minimum Gasteiger partial charge on any atom is -0.394 e. The van der Waals surface area contributed by atoms with E-state index in [1.165, 1.54) is 12.8 Å². The second-order valence-electron chi connectivity index (χ2n) is 17.2. The normalized spacial score (nSPS) is 34.4. The van der Waals surface area contributed by atoms with Gasteiger partial charge in [0.2, 0.25) is 5.91 Å². The summed E-state index contributed by atoms with van der Waals surface area (Å²) in [5, 5.41) is 119. The Hall–Kier alpha value is -1.99. The van der Waals surface area contributed by atoms with Gasteiger partial charge in [-0.3, -0.25) is 4.79 Å². The number of ether oxygens (including phenoxy) is 6. The number of carbonyl (C=O) groups excluding carboxylic acids is 1. The summed E-state index contributed by atoms with van der Waals surface area (Å²) < 4.78 is 33.9. The van der Waals surface area contributed by atoms with Crippen LogP contribution in [0.15, 0.2) is 36.5 Å². The third-order valence-electron chi connectivity index (χ3n) is 11.9. The van der Waals surface area contributed by atoms with Crippen molar-refractivity contribution >= 4 is 5.91 Å². The summed E-state index contributed by atoms with van der Waals surface area (Å²) in [4.78, 5) is 13.1. The molecule has 0 aromatic heterocycles. The van der Waals surface area contributed by atoms with Crippen molar-refractivity contribution in [2.75, 3.05) is 26.4 Å². The first-order valence-corrected chi connectivity index (χ1v) is 23.7. The molecule has 378 valence electrons. The van der Waals surface area contributed by atoms with Gasteiger partial charge in [0.05, 0.1) is 38.6 Å². The molecule has 3 saturated heterocycles. The molecular weight excluding hydrogens is 854 g/mol. The molecule has 0 radical (unpaired) electrons. The maximum atomic E-state index is 13.1. The van der Waals surface area contributed by atoms with Gasteiger partial charge in [-0.05, 0) is 44.9 Å². The van der Waals surface area contributed by atoms with Crippen molar-refractivity contribution in [3.05, 3.63) is 36.5 Å². The Labute approximate surface area is 383 Å². The highest BCUT2D eigenvalue weighted by atomic mass is 16.8. The van der Waals surface area contributed by atoms with Gasteiger partial charge in [0, 0.05) is 6.42 Å². The molecule has 0 saturated carbocycles. The van der Waals surface area contributed by atoms with Crippen LogP contribution in [0.5, 0.6) is 0 Å². The van der Waals surface area contributed by atoms with E-state index in [4.69, 9.17) is 28.4 Å². The predicted octanol–water partition coefficient (Wildman–Crippen LogP) is 0.247. The SMILES string of the molecule is CCCC/C=C\C/C=C\CCCCCCCC(=O)NC(COC1OC(CO)C(OC2OC(CO)C(OC3OC(CO)C(O)C(O)C3O)C(O)C2O)C(O)C1O)C(O)/C=C/CCCCCC. The summed E-state index contributed by atoms with van der Waals surface area (Å²) in [5.74, 6) is -0.300. The number of amides is 1. The molecule has 0 spiro atoms. The van der Waals surface area contributed by atoms with E-state index in [0.29, 0.717) is 6.42 Å². The highest BCUT2D eigenvalue weighted by molar-refractivity contribution is 5.76. The van der Waals surface area contributed by atoms with E-state index < -0.39 is 124 Å². The van der Waals surface area contributed by atoms with E-state index in [1.807, 2.05) is 6.08 Å². The molecule has 0 aliphatic carbocycles. The molecule has 3 fully saturated rings. The molecule has 19 heteroatoms. The molecule has 12 N–H and O–H groups in total. The van der Waals surface area contributed by atoms with Crippen molar-refractivity contribution < 1.29 is 89.4 Å². The van der Waals surface area contributed by atoms with Gasteiger partial charge in [0.15, 0.2) is 18.9 Å². The number of rotatable bonds is 31. The number of hydrogen-bond donors (Lipinski definition) is 12. The van der Waals surface area contributed by atoms with Gasteiger partial charge in [-0.1, -0.05) is 102 Å². The molecule has 19 nitrogen and oxygen atoms in total. The fraction of sp³-hybridized carbons (Fsp3) is 0.848. The number of aliphatic hydroxyl groups excluding tert-OH is 11. The third kappa shape index (κ3) is 18.8. The van der Waals surface area contributed by atoms with Crippen LogP contribution < -0.4 is 5.32 Å². The summed E-state index contributed by atoms with van der Waals surface area (Å²) in [6.45, 7) is 1.51. The minimum absolute atomic E-state index is 0.225. The van der Waals surface area contributed by atoms with Crippen LogP contribution in [0.1, 0.15) is 117 Å². The number of aliphatic hydroxyl groups is 11. The van der Waals surface area contributed by atoms with Gasteiger partial charge in [-0.2, -0.15) is 0 Å².